The van der Waals surface area contributed by atoms with Gasteiger partial charge in [-0.1, -0.05) is 0 Å². The molecule has 3 heterocycles. The molecule has 0 bridgehead atoms. The van der Waals surface area contributed by atoms with Gasteiger partial charge in [0.2, 0.25) is 0 Å². The Morgan fingerprint density at radius 2 is 2.12 bits per heavy atom. The summed E-state index contributed by atoms with van der Waals surface area (Å²) >= 11 is 0. The molecule has 0 amide bonds. The summed E-state index contributed by atoms with van der Waals surface area (Å²) in [6.07, 6.45) is 5.12. The molecular formula is C13H17N3O. The molecule has 17 heavy (non-hydrogen) atoms. The van der Waals surface area contributed by atoms with Crippen LogP contribution in [0.5, 0.6) is 0 Å². The minimum atomic E-state index is 0.504. The maximum atomic E-state index is 10.7. The van der Waals surface area contributed by atoms with Crippen LogP contribution in [-0.4, -0.2) is 37.4 Å². The Morgan fingerprint density at radius 3 is 2.82 bits per heavy atom. The van der Waals surface area contributed by atoms with E-state index in [0.29, 0.717) is 11.0 Å². The van der Waals surface area contributed by atoms with Crippen molar-refractivity contribution in [1.82, 2.24) is 10.3 Å². The van der Waals surface area contributed by atoms with E-state index in [9.17, 15) is 4.79 Å². The number of aldehydes is 1. The minimum absolute atomic E-state index is 0.504. The first-order valence-corrected chi connectivity index (χ1v) is 6.18. The molecule has 0 radical (unpaired) electrons. The molecule has 1 aromatic rings. The maximum absolute atomic E-state index is 10.7. The van der Waals surface area contributed by atoms with Crippen molar-refractivity contribution in [3.05, 3.63) is 23.9 Å². The monoisotopic (exact) mass is 231 g/mol. The average Bonchev–Trinajstić information content (AvgIpc) is 2.37. The van der Waals surface area contributed by atoms with Gasteiger partial charge in [0.05, 0.1) is 0 Å². The first-order valence-electron chi connectivity index (χ1n) is 6.18. The highest BCUT2D eigenvalue weighted by Gasteiger charge is 2.43. The Morgan fingerprint density at radius 1 is 1.35 bits per heavy atom. The molecule has 4 nitrogen and oxygen atoms in total. The topological polar surface area (TPSA) is 45.2 Å². The molecule has 90 valence electrons. The number of anilines is 1. The highest BCUT2D eigenvalue weighted by Crippen LogP contribution is 2.40. The smallest absolute Gasteiger partial charge is 0.150 e. The van der Waals surface area contributed by atoms with E-state index in [4.69, 9.17) is 0 Å². The van der Waals surface area contributed by atoms with Gasteiger partial charge >= 0.3 is 0 Å². The van der Waals surface area contributed by atoms with Crippen molar-refractivity contribution in [2.45, 2.75) is 12.8 Å². The molecule has 2 fully saturated rings. The second-order valence-electron chi connectivity index (χ2n) is 5.17. The van der Waals surface area contributed by atoms with Crippen LogP contribution >= 0.6 is 0 Å². The summed E-state index contributed by atoms with van der Waals surface area (Å²) in [6, 6.07) is 3.62. The maximum Gasteiger partial charge on any atom is 0.150 e. The fraction of sp³-hybridized carbons (Fsp3) is 0.538. The average molecular weight is 231 g/mol. The summed E-state index contributed by atoms with van der Waals surface area (Å²) in [5.41, 5.74) is 1.21. The van der Waals surface area contributed by atoms with Crippen LogP contribution in [0.4, 0.5) is 5.82 Å². The number of carbonyl (C=O) groups excluding carboxylic acids is 1. The third-order valence-corrected chi connectivity index (χ3v) is 3.95. The zero-order chi connectivity index (χ0) is 11.7. The van der Waals surface area contributed by atoms with E-state index in [-0.39, 0.29) is 0 Å². The minimum Gasteiger partial charge on any atom is -0.355 e. The molecule has 2 aliphatic rings. The molecule has 3 rings (SSSR count). The lowest BCUT2D eigenvalue weighted by Crippen LogP contribution is -2.60. The Kier molecular flexibility index (Phi) is 2.59. The summed E-state index contributed by atoms with van der Waals surface area (Å²) in [7, 11) is 0. The normalized spacial score (nSPS) is 22.2. The number of nitrogens with zero attached hydrogens (tertiary/aromatic N) is 2. The lowest BCUT2D eigenvalue weighted by molar-refractivity contribution is 0.112. The van der Waals surface area contributed by atoms with Gasteiger partial charge in [-0.05, 0) is 38.1 Å². The SMILES string of the molecule is O=Cc1ccnc(N2CC3(CCNCC3)C2)c1. The zero-order valence-electron chi connectivity index (χ0n) is 9.85. The van der Waals surface area contributed by atoms with Gasteiger partial charge in [-0.3, -0.25) is 4.79 Å². The molecule has 0 aliphatic carbocycles. The van der Waals surface area contributed by atoms with E-state index in [2.05, 4.69) is 15.2 Å². The van der Waals surface area contributed by atoms with E-state index in [0.717, 1.165) is 38.3 Å². The van der Waals surface area contributed by atoms with Crippen LogP contribution in [0.3, 0.4) is 0 Å². The van der Waals surface area contributed by atoms with Gasteiger partial charge in [-0.2, -0.15) is 0 Å². The number of piperidine rings is 1. The molecule has 2 aliphatic heterocycles. The van der Waals surface area contributed by atoms with Crippen molar-refractivity contribution in [1.29, 1.82) is 0 Å². The molecule has 0 atom stereocenters. The Labute approximate surface area is 101 Å². The molecule has 4 heteroatoms. The van der Waals surface area contributed by atoms with Crippen LogP contribution in [0.2, 0.25) is 0 Å². The Bertz CT molecular complexity index is 418. The van der Waals surface area contributed by atoms with Gasteiger partial charge < -0.3 is 10.2 Å². The summed E-state index contributed by atoms with van der Waals surface area (Å²) in [6.45, 7) is 4.44. The summed E-state index contributed by atoms with van der Waals surface area (Å²) < 4.78 is 0. The first kappa shape index (κ1) is 10.7. The molecule has 1 aromatic heterocycles. The number of pyridine rings is 1. The van der Waals surface area contributed by atoms with Gasteiger partial charge in [-0.25, -0.2) is 4.98 Å². The molecular weight excluding hydrogens is 214 g/mol. The number of hydrogen-bond donors (Lipinski definition) is 1. The van der Waals surface area contributed by atoms with Gasteiger partial charge in [0, 0.05) is 30.3 Å². The second kappa shape index (κ2) is 4.11. The lowest BCUT2D eigenvalue weighted by atomic mass is 9.72. The summed E-state index contributed by atoms with van der Waals surface area (Å²) in [5, 5.41) is 3.40. The van der Waals surface area contributed by atoms with Crippen LogP contribution < -0.4 is 10.2 Å². The highest BCUT2D eigenvalue weighted by atomic mass is 16.1. The van der Waals surface area contributed by atoms with Gasteiger partial charge in [0.1, 0.15) is 12.1 Å². The van der Waals surface area contributed by atoms with E-state index >= 15 is 0 Å². The third-order valence-electron chi connectivity index (χ3n) is 3.95. The number of carbonyl (C=O) groups is 1. The Balaban J connectivity index is 1.69. The van der Waals surface area contributed by atoms with Crippen molar-refractivity contribution in [3.63, 3.8) is 0 Å². The molecule has 0 saturated carbocycles. The second-order valence-corrected chi connectivity index (χ2v) is 5.17. The van der Waals surface area contributed by atoms with E-state index < -0.39 is 0 Å². The van der Waals surface area contributed by atoms with Crippen molar-refractivity contribution >= 4 is 12.1 Å². The highest BCUT2D eigenvalue weighted by molar-refractivity contribution is 5.76. The molecule has 1 spiro atoms. The van der Waals surface area contributed by atoms with E-state index in [1.54, 1.807) is 12.3 Å². The summed E-state index contributed by atoms with van der Waals surface area (Å²) in [4.78, 5) is 17.3. The molecule has 1 N–H and O–H groups in total. The quantitative estimate of drug-likeness (QED) is 0.774. The van der Waals surface area contributed by atoms with E-state index in [1.807, 2.05) is 6.07 Å². The van der Waals surface area contributed by atoms with E-state index in [1.165, 1.54) is 12.8 Å². The molecule has 0 aromatic carbocycles. The van der Waals surface area contributed by atoms with Crippen LogP contribution in [0.25, 0.3) is 0 Å². The predicted molar refractivity (Wildman–Crippen MR) is 66.4 cm³/mol. The van der Waals surface area contributed by atoms with Gasteiger partial charge in [0.15, 0.2) is 0 Å². The third kappa shape index (κ3) is 1.93. The number of nitrogens with one attached hydrogen (secondary N) is 1. The zero-order valence-corrected chi connectivity index (χ0v) is 9.85. The molecule has 2 saturated heterocycles. The summed E-state index contributed by atoms with van der Waals surface area (Å²) in [5.74, 6) is 0.943. The van der Waals surface area contributed by atoms with Crippen LogP contribution in [0.15, 0.2) is 18.3 Å². The van der Waals surface area contributed by atoms with Crippen molar-refractivity contribution < 1.29 is 4.79 Å². The molecule has 0 unspecified atom stereocenters. The van der Waals surface area contributed by atoms with Crippen molar-refractivity contribution in [3.8, 4) is 0 Å². The number of rotatable bonds is 2. The number of hydrogen-bond acceptors (Lipinski definition) is 4. The predicted octanol–water partition coefficient (Wildman–Crippen LogP) is 1.08. The van der Waals surface area contributed by atoms with Crippen LogP contribution in [0, 0.1) is 5.41 Å². The number of aromatic nitrogens is 1. The van der Waals surface area contributed by atoms with Crippen LogP contribution in [0.1, 0.15) is 23.2 Å². The standard InChI is InChI=1S/C13H17N3O/c17-8-11-1-4-15-12(7-11)16-9-13(10-16)2-5-14-6-3-13/h1,4,7-8,14H,2-3,5-6,9-10H2. The largest absolute Gasteiger partial charge is 0.355 e. The van der Waals surface area contributed by atoms with Crippen LogP contribution in [-0.2, 0) is 0 Å². The van der Waals surface area contributed by atoms with Gasteiger partial charge in [-0.15, -0.1) is 0 Å². The fourth-order valence-electron chi connectivity index (χ4n) is 2.88. The Hall–Kier alpha value is -1.42. The lowest BCUT2D eigenvalue weighted by Gasteiger charge is -2.53. The first-order chi connectivity index (χ1) is 8.31. The van der Waals surface area contributed by atoms with Gasteiger partial charge in [0.25, 0.3) is 0 Å². The van der Waals surface area contributed by atoms with Crippen molar-refractivity contribution in [2.24, 2.45) is 5.41 Å². The fourth-order valence-corrected chi connectivity index (χ4v) is 2.88. The van der Waals surface area contributed by atoms with Crippen molar-refractivity contribution in [2.75, 3.05) is 31.1 Å².